The van der Waals surface area contributed by atoms with Gasteiger partial charge >= 0.3 is 5.97 Å². The molecule has 0 heterocycles. The van der Waals surface area contributed by atoms with Crippen molar-refractivity contribution in [2.75, 3.05) is 11.5 Å². The second kappa shape index (κ2) is 6.29. The highest BCUT2D eigenvalue weighted by Gasteiger charge is 2.09. The van der Waals surface area contributed by atoms with Crippen LogP contribution < -0.4 is 5.73 Å². The van der Waals surface area contributed by atoms with E-state index in [1.165, 1.54) is 0 Å². The highest BCUT2D eigenvalue weighted by molar-refractivity contribution is 7.99. The van der Waals surface area contributed by atoms with E-state index in [1.54, 1.807) is 23.9 Å². The summed E-state index contributed by atoms with van der Waals surface area (Å²) in [5.74, 6) is -0.0827. The molecule has 0 saturated carbocycles. The first-order chi connectivity index (χ1) is 9.18. The van der Waals surface area contributed by atoms with Crippen molar-refractivity contribution in [3.8, 4) is 0 Å². The Morgan fingerprint density at radius 2 is 1.79 bits per heavy atom. The zero-order valence-corrected chi connectivity index (χ0v) is 11.2. The van der Waals surface area contributed by atoms with E-state index in [9.17, 15) is 4.79 Å². The first kappa shape index (κ1) is 13.5. The molecule has 3 nitrogen and oxygen atoms in total. The molecule has 0 radical (unpaired) electrons. The lowest BCUT2D eigenvalue weighted by atomic mass is 10.1. The molecular formula is C15H15NO2S. The van der Waals surface area contributed by atoms with Crippen molar-refractivity contribution >= 4 is 23.4 Å². The zero-order chi connectivity index (χ0) is 13.7. The number of nitrogen functional groups attached to an aromatic ring is 1. The minimum Gasteiger partial charge on any atom is -0.478 e. The maximum absolute atomic E-state index is 11.1. The SMILES string of the molecule is Nc1ccccc1CCSc1ccccc1C(=O)O. The molecular weight excluding hydrogens is 258 g/mol. The zero-order valence-electron chi connectivity index (χ0n) is 10.4. The fourth-order valence-corrected chi connectivity index (χ4v) is 2.83. The average molecular weight is 273 g/mol. The predicted molar refractivity (Wildman–Crippen MR) is 78.7 cm³/mol. The molecule has 0 atom stereocenters. The van der Waals surface area contributed by atoms with Crippen LogP contribution in [0, 0.1) is 0 Å². The number of carbonyl (C=O) groups is 1. The van der Waals surface area contributed by atoms with Gasteiger partial charge in [0.1, 0.15) is 0 Å². The average Bonchev–Trinajstić information content (AvgIpc) is 2.41. The maximum atomic E-state index is 11.1. The monoisotopic (exact) mass is 273 g/mol. The van der Waals surface area contributed by atoms with E-state index < -0.39 is 5.97 Å². The Labute approximate surface area is 116 Å². The molecule has 2 aromatic carbocycles. The fraction of sp³-hybridized carbons (Fsp3) is 0.133. The summed E-state index contributed by atoms with van der Waals surface area (Å²) in [5, 5.41) is 9.09. The van der Waals surface area contributed by atoms with Crippen LogP contribution >= 0.6 is 11.8 Å². The molecule has 0 aromatic heterocycles. The number of thioether (sulfide) groups is 1. The number of benzene rings is 2. The lowest BCUT2D eigenvalue weighted by molar-refractivity contribution is 0.0693. The molecule has 98 valence electrons. The van der Waals surface area contributed by atoms with Crippen LogP contribution in [0.4, 0.5) is 5.69 Å². The predicted octanol–water partition coefficient (Wildman–Crippen LogP) is 3.30. The Kier molecular flexibility index (Phi) is 4.47. The molecule has 0 amide bonds. The Balaban J connectivity index is 2.00. The van der Waals surface area contributed by atoms with Crippen LogP contribution in [-0.2, 0) is 6.42 Å². The number of nitrogens with two attached hydrogens (primary N) is 1. The summed E-state index contributed by atoms with van der Waals surface area (Å²) in [6, 6.07) is 14.8. The van der Waals surface area contributed by atoms with Crippen molar-refractivity contribution in [2.45, 2.75) is 11.3 Å². The molecule has 2 rings (SSSR count). The molecule has 0 saturated heterocycles. The molecule has 4 heteroatoms. The summed E-state index contributed by atoms with van der Waals surface area (Å²) in [6.45, 7) is 0. The van der Waals surface area contributed by atoms with Gasteiger partial charge in [-0.3, -0.25) is 0 Å². The van der Waals surface area contributed by atoms with Gasteiger partial charge in [0.05, 0.1) is 5.56 Å². The van der Waals surface area contributed by atoms with Crippen molar-refractivity contribution in [3.05, 3.63) is 59.7 Å². The summed E-state index contributed by atoms with van der Waals surface area (Å²) in [7, 11) is 0. The number of carboxylic acid groups (broad SMARTS) is 1. The van der Waals surface area contributed by atoms with E-state index in [0.717, 1.165) is 28.3 Å². The van der Waals surface area contributed by atoms with Crippen LogP contribution in [0.25, 0.3) is 0 Å². The molecule has 3 N–H and O–H groups in total. The fourth-order valence-electron chi connectivity index (χ4n) is 1.80. The van der Waals surface area contributed by atoms with Crippen molar-refractivity contribution in [2.24, 2.45) is 0 Å². The molecule has 0 unspecified atom stereocenters. The van der Waals surface area contributed by atoms with Crippen molar-refractivity contribution in [1.82, 2.24) is 0 Å². The van der Waals surface area contributed by atoms with E-state index in [0.29, 0.717) is 5.56 Å². The Bertz CT molecular complexity index is 584. The number of aromatic carboxylic acids is 1. The molecule has 0 spiro atoms. The third kappa shape index (κ3) is 3.51. The first-order valence-corrected chi connectivity index (χ1v) is 6.95. The van der Waals surface area contributed by atoms with Crippen LogP contribution in [0.1, 0.15) is 15.9 Å². The van der Waals surface area contributed by atoms with Gasteiger partial charge in [0.25, 0.3) is 0 Å². The van der Waals surface area contributed by atoms with Crippen LogP contribution in [0.5, 0.6) is 0 Å². The standard InChI is InChI=1S/C15H15NO2S/c16-13-7-3-1-5-11(13)9-10-19-14-8-4-2-6-12(14)15(17)18/h1-8H,9-10,16H2,(H,17,18). The quantitative estimate of drug-likeness (QED) is 0.648. The second-order valence-electron chi connectivity index (χ2n) is 4.10. The van der Waals surface area contributed by atoms with Crippen LogP contribution in [0.3, 0.4) is 0 Å². The van der Waals surface area contributed by atoms with Crippen molar-refractivity contribution < 1.29 is 9.90 Å². The van der Waals surface area contributed by atoms with Gasteiger partial charge in [0.15, 0.2) is 0 Å². The maximum Gasteiger partial charge on any atom is 0.336 e. The smallest absolute Gasteiger partial charge is 0.336 e. The Morgan fingerprint density at radius 3 is 2.53 bits per heavy atom. The lowest BCUT2D eigenvalue weighted by Gasteiger charge is -2.07. The minimum absolute atomic E-state index is 0.355. The normalized spacial score (nSPS) is 10.3. The number of anilines is 1. The van der Waals surface area contributed by atoms with E-state index in [4.69, 9.17) is 10.8 Å². The summed E-state index contributed by atoms with van der Waals surface area (Å²) in [4.78, 5) is 11.9. The molecule has 19 heavy (non-hydrogen) atoms. The third-order valence-corrected chi connectivity index (χ3v) is 3.88. The van der Waals surface area contributed by atoms with Gasteiger partial charge in [-0.1, -0.05) is 30.3 Å². The third-order valence-electron chi connectivity index (χ3n) is 2.80. The van der Waals surface area contributed by atoms with Gasteiger partial charge < -0.3 is 10.8 Å². The number of hydrogen-bond acceptors (Lipinski definition) is 3. The first-order valence-electron chi connectivity index (χ1n) is 5.97. The molecule has 0 aliphatic carbocycles. The van der Waals surface area contributed by atoms with Gasteiger partial charge in [-0.15, -0.1) is 11.8 Å². The second-order valence-corrected chi connectivity index (χ2v) is 5.24. The highest BCUT2D eigenvalue weighted by Crippen LogP contribution is 2.24. The van der Waals surface area contributed by atoms with Crippen LogP contribution in [0.2, 0.25) is 0 Å². The summed E-state index contributed by atoms with van der Waals surface area (Å²) in [6.07, 6.45) is 0.825. The van der Waals surface area contributed by atoms with E-state index >= 15 is 0 Å². The molecule has 0 aliphatic heterocycles. The van der Waals surface area contributed by atoms with Crippen LogP contribution in [-0.4, -0.2) is 16.8 Å². The van der Waals surface area contributed by atoms with Gasteiger partial charge in [-0.2, -0.15) is 0 Å². The Hall–Kier alpha value is -1.94. The van der Waals surface area contributed by atoms with Gasteiger partial charge in [0.2, 0.25) is 0 Å². The molecule has 0 fully saturated rings. The largest absolute Gasteiger partial charge is 0.478 e. The number of hydrogen-bond donors (Lipinski definition) is 2. The lowest BCUT2D eigenvalue weighted by Crippen LogP contribution is -2.00. The minimum atomic E-state index is -0.887. The van der Waals surface area contributed by atoms with Gasteiger partial charge in [0, 0.05) is 16.3 Å². The van der Waals surface area contributed by atoms with Crippen LogP contribution in [0.15, 0.2) is 53.4 Å². The van der Waals surface area contributed by atoms with Gasteiger partial charge in [-0.25, -0.2) is 4.79 Å². The van der Waals surface area contributed by atoms with E-state index in [-0.39, 0.29) is 0 Å². The van der Waals surface area contributed by atoms with E-state index in [2.05, 4.69) is 0 Å². The Morgan fingerprint density at radius 1 is 1.11 bits per heavy atom. The summed E-state index contributed by atoms with van der Waals surface area (Å²) in [5.41, 5.74) is 8.12. The molecule has 0 aliphatic rings. The number of carboxylic acids is 1. The topological polar surface area (TPSA) is 63.3 Å². The van der Waals surface area contributed by atoms with E-state index in [1.807, 2.05) is 36.4 Å². The summed E-state index contributed by atoms with van der Waals surface area (Å²) >= 11 is 1.54. The number of para-hydroxylation sites is 1. The molecule has 2 aromatic rings. The number of aryl methyl sites for hydroxylation is 1. The van der Waals surface area contributed by atoms with Gasteiger partial charge in [-0.05, 0) is 30.2 Å². The number of rotatable bonds is 5. The summed E-state index contributed by atoms with van der Waals surface area (Å²) < 4.78 is 0. The van der Waals surface area contributed by atoms with Crippen molar-refractivity contribution in [3.63, 3.8) is 0 Å². The van der Waals surface area contributed by atoms with Crippen molar-refractivity contribution in [1.29, 1.82) is 0 Å². The highest BCUT2D eigenvalue weighted by atomic mass is 32.2. The molecule has 0 bridgehead atoms.